The van der Waals surface area contributed by atoms with Gasteiger partial charge in [-0.2, -0.15) is 0 Å². The van der Waals surface area contributed by atoms with E-state index in [1.807, 2.05) is 6.92 Å². The molecule has 0 amide bonds. The van der Waals surface area contributed by atoms with Gasteiger partial charge in [-0.3, -0.25) is 14.4 Å². The van der Waals surface area contributed by atoms with Gasteiger partial charge in [0.15, 0.2) is 0 Å². The van der Waals surface area contributed by atoms with Crippen LogP contribution in [0.5, 0.6) is 0 Å². The van der Waals surface area contributed by atoms with Gasteiger partial charge in [-0.25, -0.2) is 0 Å². The Morgan fingerprint density at radius 3 is 2.00 bits per heavy atom. The highest BCUT2D eigenvalue weighted by molar-refractivity contribution is 5.78. The quantitative estimate of drug-likeness (QED) is 0.216. The number of ketones is 1. The molecule has 0 aromatic carbocycles. The predicted molar refractivity (Wildman–Crippen MR) is 112 cm³/mol. The maximum Gasteiger partial charge on any atom is 0.305 e. The standard InChI is InChI=1S/C23H42O5/c1-5-7-8-12-15-22(28-20(4)25)18-17-21(19(3)24)14-11-9-10-13-16-23(26)27-6-2/h21-22H,5-18H2,1-4H3. The van der Waals surface area contributed by atoms with E-state index in [1.165, 1.54) is 19.8 Å². The molecule has 28 heavy (non-hydrogen) atoms. The van der Waals surface area contributed by atoms with Crippen LogP contribution in [-0.2, 0) is 23.9 Å². The van der Waals surface area contributed by atoms with E-state index in [4.69, 9.17) is 9.47 Å². The zero-order valence-electron chi connectivity index (χ0n) is 18.6. The molecule has 5 heteroatoms. The van der Waals surface area contributed by atoms with E-state index in [1.54, 1.807) is 6.92 Å². The van der Waals surface area contributed by atoms with Crippen molar-refractivity contribution in [3.05, 3.63) is 0 Å². The first-order chi connectivity index (χ1) is 13.4. The molecule has 0 aliphatic rings. The fourth-order valence-corrected chi connectivity index (χ4v) is 3.48. The zero-order valence-corrected chi connectivity index (χ0v) is 18.6. The largest absolute Gasteiger partial charge is 0.466 e. The summed E-state index contributed by atoms with van der Waals surface area (Å²) in [5, 5.41) is 0. The van der Waals surface area contributed by atoms with Gasteiger partial charge in [-0.15, -0.1) is 0 Å². The topological polar surface area (TPSA) is 69.7 Å². The summed E-state index contributed by atoms with van der Waals surface area (Å²) in [6.45, 7) is 7.55. The highest BCUT2D eigenvalue weighted by Crippen LogP contribution is 2.22. The normalized spacial score (nSPS) is 13.0. The van der Waals surface area contributed by atoms with E-state index in [9.17, 15) is 14.4 Å². The van der Waals surface area contributed by atoms with Gasteiger partial charge in [-0.05, 0) is 52.4 Å². The molecule has 0 aliphatic heterocycles. The molecule has 2 atom stereocenters. The van der Waals surface area contributed by atoms with E-state index in [0.717, 1.165) is 64.2 Å². The lowest BCUT2D eigenvalue weighted by atomic mass is 9.90. The molecule has 0 rings (SSSR count). The van der Waals surface area contributed by atoms with Crippen molar-refractivity contribution >= 4 is 17.7 Å². The monoisotopic (exact) mass is 398 g/mol. The van der Waals surface area contributed by atoms with Gasteiger partial charge in [0.2, 0.25) is 0 Å². The molecule has 0 saturated heterocycles. The Kier molecular flexibility index (Phi) is 16.8. The summed E-state index contributed by atoms with van der Waals surface area (Å²) in [7, 11) is 0. The minimum atomic E-state index is -0.235. The number of rotatable bonds is 18. The van der Waals surface area contributed by atoms with Crippen LogP contribution in [-0.4, -0.2) is 30.4 Å². The first-order valence-corrected chi connectivity index (χ1v) is 11.2. The van der Waals surface area contributed by atoms with Gasteiger partial charge >= 0.3 is 11.9 Å². The average molecular weight is 399 g/mol. The summed E-state index contributed by atoms with van der Waals surface area (Å²) in [6, 6.07) is 0. The molecule has 0 heterocycles. The summed E-state index contributed by atoms with van der Waals surface area (Å²) >= 11 is 0. The molecule has 0 radical (unpaired) electrons. The summed E-state index contributed by atoms with van der Waals surface area (Å²) < 4.78 is 10.4. The van der Waals surface area contributed by atoms with Crippen LogP contribution in [0.3, 0.4) is 0 Å². The second-order valence-corrected chi connectivity index (χ2v) is 7.72. The van der Waals surface area contributed by atoms with Crippen LogP contribution in [0.4, 0.5) is 0 Å². The summed E-state index contributed by atoms with van der Waals surface area (Å²) in [6.07, 6.45) is 12.2. The van der Waals surface area contributed by atoms with Gasteiger partial charge in [0.25, 0.3) is 0 Å². The Bertz CT molecular complexity index is 433. The van der Waals surface area contributed by atoms with Gasteiger partial charge in [-0.1, -0.05) is 45.4 Å². The highest BCUT2D eigenvalue weighted by atomic mass is 16.5. The first-order valence-electron chi connectivity index (χ1n) is 11.2. The number of carbonyl (C=O) groups excluding carboxylic acids is 3. The maximum absolute atomic E-state index is 12.0. The third-order valence-corrected chi connectivity index (χ3v) is 5.11. The summed E-state index contributed by atoms with van der Waals surface area (Å²) in [5.74, 6) is -0.0983. The van der Waals surface area contributed by atoms with Crippen molar-refractivity contribution in [1.29, 1.82) is 0 Å². The summed E-state index contributed by atoms with van der Waals surface area (Å²) in [4.78, 5) is 34.7. The van der Waals surface area contributed by atoms with Crippen LogP contribution < -0.4 is 0 Å². The molecular formula is C23H42O5. The van der Waals surface area contributed by atoms with Crippen molar-refractivity contribution in [1.82, 2.24) is 0 Å². The zero-order chi connectivity index (χ0) is 21.2. The van der Waals surface area contributed by atoms with Crippen molar-refractivity contribution in [2.24, 2.45) is 5.92 Å². The molecule has 0 saturated carbocycles. The van der Waals surface area contributed by atoms with E-state index >= 15 is 0 Å². The van der Waals surface area contributed by atoms with E-state index in [2.05, 4.69) is 6.92 Å². The number of hydrogen-bond acceptors (Lipinski definition) is 5. The third kappa shape index (κ3) is 15.6. The van der Waals surface area contributed by atoms with Crippen molar-refractivity contribution in [3.8, 4) is 0 Å². The van der Waals surface area contributed by atoms with Crippen LogP contribution in [0.25, 0.3) is 0 Å². The van der Waals surface area contributed by atoms with Crippen LogP contribution in [0.2, 0.25) is 0 Å². The number of unbranched alkanes of at least 4 members (excludes halogenated alkanes) is 6. The lowest BCUT2D eigenvalue weighted by Crippen LogP contribution is -2.20. The first kappa shape index (κ1) is 26.6. The van der Waals surface area contributed by atoms with Gasteiger partial charge in [0.05, 0.1) is 6.61 Å². The second-order valence-electron chi connectivity index (χ2n) is 7.72. The van der Waals surface area contributed by atoms with Crippen LogP contribution in [0.1, 0.15) is 111 Å². The smallest absolute Gasteiger partial charge is 0.305 e. The van der Waals surface area contributed by atoms with Gasteiger partial charge < -0.3 is 9.47 Å². The Morgan fingerprint density at radius 1 is 0.750 bits per heavy atom. The lowest BCUT2D eigenvalue weighted by Gasteiger charge is -2.20. The predicted octanol–water partition coefficient (Wildman–Crippen LogP) is 5.78. The molecule has 0 bridgehead atoms. The molecule has 0 fully saturated rings. The van der Waals surface area contributed by atoms with Gasteiger partial charge in [0, 0.05) is 19.3 Å². The van der Waals surface area contributed by atoms with Crippen molar-refractivity contribution in [2.75, 3.05) is 6.61 Å². The molecule has 0 aromatic rings. The minimum absolute atomic E-state index is 0.0405. The second kappa shape index (κ2) is 17.7. The molecule has 0 N–H and O–H groups in total. The molecule has 0 aliphatic carbocycles. The molecule has 164 valence electrons. The highest BCUT2D eigenvalue weighted by Gasteiger charge is 2.18. The van der Waals surface area contributed by atoms with Gasteiger partial charge in [0.1, 0.15) is 11.9 Å². The average Bonchev–Trinajstić information content (AvgIpc) is 2.63. The third-order valence-electron chi connectivity index (χ3n) is 5.11. The number of Topliss-reactive ketones (excluding diaryl/α,β-unsaturated/α-hetero) is 1. The minimum Gasteiger partial charge on any atom is -0.466 e. The molecule has 0 aromatic heterocycles. The van der Waals surface area contributed by atoms with Crippen molar-refractivity contribution in [3.63, 3.8) is 0 Å². The summed E-state index contributed by atoms with van der Waals surface area (Å²) in [5.41, 5.74) is 0. The molecule has 5 nitrogen and oxygen atoms in total. The SMILES string of the molecule is CCCCCCC(CCC(CCCCCCC(=O)OCC)C(C)=O)OC(C)=O. The van der Waals surface area contributed by atoms with Crippen molar-refractivity contribution in [2.45, 2.75) is 117 Å². The Morgan fingerprint density at radius 2 is 1.39 bits per heavy atom. The fraction of sp³-hybridized carbons (Fsp3) is 0.870. The number of hydrogen-bond donors (Lipinski definition) is 0. The van der Waals surface area contributed by atoms with E-state index in [0.29, 0.717) is 13.0 Å². The van der Waals surface area contributed by atoms with Crippen LogP contribution in [0, 0.1) is 5.92 Å². The number of ether oxygens (including phenoxy) is 2. The number of carbonyl (C=O) groups is 3. The Hall–Kier alpha value is -1.39. The molecule has 2 unspecified atom stereocenters. The molecular weight excluding hydrogens is 356 g/mol. The van der Waals surface area contributed by atoms with Crippen molar-refractivity contribution < 1.29 is 23.9 Å². The fourth-order valence-electron chi connectivity index (χ4n) is 3.48. The lowest BCUT2D eigenvalue weighted by molar-refractivity contribution is -0.147. The Labute approximate surface area is 171 Å². The Balaban J connectivity index is 4.15. The maximum atomic E-state index is 12.0. The van der Waals surface area contributed by atoms with Crippen LogP contribution in [0.15, 0.2) is 0 Å². The van der Waals surface area contributed by atoms with E-state index in [-0.39, 0.29) is 29.7 Å². The number of esters is 2. The van der Waals surface area contributed by atoms with Crippen LogP contribution >= 0.6 is 0 Å². The molecule has 0 spiro atoms. The van der Waals surface area contributed by atoms with E-state index < -0.39 is 0 Å².